The number of carbonyl (C=O) groups excluding carboxylic acids is 4. The van der Waals surface area contributed by atoms with Gasteiger partial charge in [-0.15, -0.1) is 0 Å². The van der Waals surface area contributed by atoms with E-state index in [0.717, 1.165) is 16.7 Å². The highest BCUT2D eigenvalue weighted by Gasteiger charge is 2.43. The number of aromatic nitrogens is 2. The van der Waals surface area contributed by atoms with Crippen molar-refractivity contribution in [2.45, 2.75) is 44.8 Å². The predicted octanol–water partition coefficient (Wildman–Crippen LogP) is 3.28. The number of benzene rings is 2. The number of aliphatic hydroxyl groups is 2. The number of primary amides is 1. The number of hydrogen-bond donors (Lipinski definition) is 3. The summed E-state index contributed by atoms with van der Waals surface area (Å²) in [5.74, 6) is 9.37. The van der Waals surface area contributed by atoms with Crippen molar-refractivity contribution in [3.63, 3.8) is 0 Å². The molecule has 2 atom stereocenters. The molecule has 6 rings (SSSR count). The molecule has 0 saturated carbocycles. The maximum atomic E-state index is 12.1. The van der Waals surface area contributed by atoms with E-state index in [1.165, 1.54) is 9.80 Å². The summed E-state index contributed by atoms with van der Waals surface area (Å²) in [6, 6.07) is 21.8. The van der Waals surface area contributed by atoms with Crippen molar-refractivity contribution in [2.75, 3.05) is 33.8 Å². The van der Waals surface area contributed by atoms with Crippen molar-refractivity contribution < 1.29 is 34.1 Å². The molecule has 0 bridgehead atoms. The van der Waals surface area contributed by atoms with Gasteiger partial charge in [-0.2, -0.15) is 0 Å². The second-order valence-electron chi connectivity index (χ2n) is 13.1. The fourth-order valence-corrected chi connectivity index (χ4v) is 5.84. The van der Waals surface area contributed by atoms with Crippen LogP contribution in [0.3, 0.4) is 0 Å². The monoisotopic (exact) mass is 727 g/mol. The number of nitrogens with zero attached hydrogens (tertiary/aromatic N) is 4. The Morgan fingerprint density at radius 2 is 1.20 bits per heavy atom. The molecular formula is C42H41N5O7. The molecule has 3 amide bonds. The Hall–Kier alpha value is -6.34. The van der Waals surface area contributed by atoms with E-state index in [4.69, 9.17) is 10.5 Å². The molecule has 2 aromatic carbocycles. The molecule has 54 heavy (non-hydrogen) atoms. The Morgan fingerprint density at radius 1 is 0.759 bits per heavy atom. The Bertz CT molecular complexity index is 2270. The van der Waals surface area contributed by atoms with E-state index in [1.54, 1.807) is 71.3 Å². The van der Waals surface area contributed by atoms with Crippen molar-refractivity contribution in [3.8, 4) is 46.2 Å². The van der Waals surface area contributed by atoms with Gasteiger partial charge in [0.25, 0.3) is 17.7 Å². The molecule has 276 valence electrons. The number of rotatable bonds is 5. The Kier molecular flexibility index (Phi) is 11.6. The van der Waals surface area contributed by atoms with Gasteiger partial charge in [-0.05, 0) is 68.3 Å². The molecule has 0 aliphatic carbocycles. The minimum Gasteiger partial charge on any atom is -0.461 e. The van der Waals surface area contributed by atoms with Crippen LogP contribution in [0.25, 0.3) is 22.5 Å². The van der Waals surface area contributed by atoms with Crippen LogP contribution in [-0.4, -0.2) is 98.7 Å². The molecule has 12 heteroatoms. The number of likely N-dealkylation sites (N-methyl/N-ethyl adjacent to an activating group) is 2. The lowest BCUT2D eigenvalue weighted by atomic mass is 10.0. The van der Waals surface area contributed by atoms with Gasteiger partial charge in [0.1, 0.15) is 5.69 Å². The molecule has 12 nitrogen and oxygen atoms in total. The van der Waals surface area contributed by atoms with Crippen LogP contribution in [0.15, 0.2) is 72.8 Å². The van der Waals surface area contributed by atoms with Crippen LogP contribution in [-0.2, 0) is 14.3 Å². The topological polar surface area (TPSA) is 176 Å². The number of likely N-dealkylation sites (tertiary alicyclic amines) is 2. The quantitative estimate of drug-likeness (QED) is 0.206. The first-order valence-electron chi connectivity index (χ1n) is 17.3. The molecule has 2 aliphatic heterocycles. The fraction of sp³-hybridized carbons (Fsp3) is 0.286. The van der Waals surface area contributed by atoms with Gasteiger partial charge in [-0.25, -0.2) is 14.8 Å². The van der Waals surface area contributed by atoms with Crippen molar-refractivity contribution in [2.24, 2.45) is 5.73 Å². The summed E-state index contributed by atoms with van der Waals surface area (Å²) < 4.78 is 5.06. The van der Waals surface area contributed by atoms with E-state index < -0.39 is 23.1 Å². The molecule has 2 fully saturated rings. The van der Waals surface area contributed by atoms with Gasteiger partial charge in [-0.1, -0.05) is 60.1 Å². The second kappa shape index (κ2) is 16.1. The molecule has 4 aromatic rings. The zero-order valence-electron chi connectivity index (χ0n) is 30.8. The molecule has 2 aliphatic rings. The number of nitrogens with two attached hydrogens (primary N) is 1. The maximum Gasteiger partial charge on any atom is 0.357 e. The van der Waals surface area contributed by atoms with Crippen LogP contribution in [0.5, 0.6) is 0 Å². The molecule has 0 radical (unpaired) electrons. The number of hydrogen-bond acceptors (Lipinski definition) is 9. The summed E-state index contributed by atoms with van der Waals surface area (Å²) in [6.45, 7) is 6.57. The van der Waals surface area contributed by atoms with E-state index in [2.05, 4.69) is 33.6 Å². The third kappa shape index (κ3) is 8.64. The van der Waals surface area contributed by atoms with E-state index in [9.17, 15) is 29.4 Å². The normalized spacial score (nSPS) is 18.9. The van der Waals surface area contributed by atoms with Gasteiger partial charge >= 0.3 is 5.97 Å². The van der Waals surface area contributed by atoms with Crippen molar-refractivity contribution in [3.05, 3.63) is 106 Å². The fourth-order valence-electron chi connectivity index (χ4n) is 5.84. The minimum absolute atomic E-state index is 0.230. The molecule has 4 N–H and O–H groups in total. The van der Waals surface area contributed by atoms with Gasteiger partial charge in [0.2, 0.25) is 11.2 Å². The number of carbonyl (C=O) groups is 4. The number of aryl methyl sites for hydroxylation is 2. The molecular weight excluding hydrogens is 686 g/mol. The Balaban J connectivity index is 0.000000208. The highest BCUT2D eigenvalue weighted by Crippen LogP contribution is 2.25. The average Bonchev–Trinajstić information content (AvgIpc) is 3.58. The smallest absolute Gasteiger partial charge is 0.357 e. The van der Waals surface area contributed by atoms with Gasteiger partial charge in [0, 0.05) is 62.3 Å². The Morgan fingerprint density at radius 3 is 1.61 bits per heavy atom. The lowest BCUT2D eigenvalue weighted by Gasteiger charge is -2.13. The SMILES string of the molecule is CCOC(=O)c1nc(-c2cccc(C#C[C@]3(O)CCN(C)C3=O)c2)ccc1C.Cc1ccc(-c2cccc(C#C[C@]3(O)CCN(C)C3=O)c2)nc1C(N)=O. The van der Waals surface area contributed by atoms with E-state index in [0.29, 0.717) is 41.2 Å². The van der Waals surface area contributed by atoms with Crippen molar-refractivity contribution in [1.29, 1.82) is 0 Å². The summed E-state index contributed by atoms with van der Waals surface area (Å²) in [6.07, 6.45) is 0.577. The van der Waals surface area contributed by atoms with Gasteiger partial charge < -0.3 is 30.5 Å². The largest absolute Gasteiger partial charge is 0.461 e. The first kappa shape index (κ1) is 38.9. The van der Waals surface area contributed by atoms with E-state index >= 15 is 0 Å². The summed E-state index contributed by atoms with van der Waals surface area (Å²) in [5.41, 5.74) is 8.10. The van der Waals surface area contributed by atoms with Gasteiger partial charge in [-0.3, -0.25) is 14.4 Å². The van der Waals surface area contributed by atoms with Crippen LogP contribution in [0.4, 0.5) is 0 Å². The minimum atomic E-state index is -1.63. The first-order valence-corrected chi connectivity index (χ1v) is 17.3. The lowest BCUT2D eigenvalue weighted by Crippen LogP contribution is -2.37. The summed E-state index contributed by atoms with van der Waals surface area (Å²) >= 11 is 0. The van der Waals surface area contributed by atoms with Crippen LogP contribution in [0.2, 0.25) is 0 Å². The molecule has 2 saturated heterocycles. The first-order chi connectivity index (χ1) is 25.6. The maximum absolute atomic E-state index is 12.1. The zero-order valence-corrected chi connectivity index (χ0v) is 30.8. The number of ether oxygens (including phenoxy) is 1. The third-order valence-corrected chi connectivity index (χ3v) is 9.06. The third-order valence-electron chi connectivity index (χ3n) is 9.06. The van der Waals surface area contributed by atoms with Crippen LogP contribution < -0.4 is 5.73 Å². The average molecular weight is 728 g/mol. The number of esters is 1. The summed E-state index contributed by atoms with van der Waals surface area (Å²) in [7, 11) is 3.29. The zero-order chi connectivity index (χ0) is 39.2. The Labute approximate surface area is 314 Å². The molecule has 0 unspecified atom stereocenters. The number of amides is 3. The predicted molar refractivity (Wildman–Crippen MR) is 201 cm³/mol. The van der Waals surface area contributed by atoms with Crippen molar-refractivity contribution >= 4 is 23.7 Å². The second-order valence-corrected chi connectivity index (χ2v) is 13.1. The van der Waals surface area contributed by atoms with Crippen LogP contribution >= 0.6 is 0 Å². The molecule has 4 heterocycles. The van der Waals surface area contributed by atoms with Crippen LogP contribution in [0.1, 0.15) is 63.0 Å². The van der Waals surface area contributed by atoms with Crippen molar-refractivity contribution in [1.82, 2.24) is 19.8 Å². The highest BCUT2D eigenvalue weighted by molar-refractivity contribution is 5.93. The van der Waals surface area contributed by atoms with Gasteiger partial charge in [0.05, 0.1) is 18.0 Å². The lowest BCUT2D eigenvalue weighted by molar-refractivity contribution is -0.138. The van der Waals surface area contributed by atoms with Gasteiger partial charge in [0.15, 0.2) is 5.69 Å². The van der Waals surface area contributed by atoms with E-state index in [-0.39, 0.29) is 42.7 Å². The summed E-state index contributed by atoms with van der Waals surface area (Å²) in [4.78, 5) is 59.3. The van der Waals surface area contributed by atoms with Crippen LogP contribution in [0, 0.1) is 37.5 Å². The molecule has 0 spiro atoms. The molecule has 2 aromatic heterocycles. The standard InChI is InChI=1S/C22H22N2O4.C20H19N3O3/c1-4-28-20(25)19-15(2)8-9-18(23-19)17-7-5-6-16(14-17)10-11-22(27)12-13-24(3)21(22)26;1-13-6-7-16(22-17(13)18(21)24)15-5-3-4-14(12-15)8-9-20(26)10-11-23(2)19(20)25/h5-9,14,27H,4,12-13H2,1-3H3;3-7,12,26H,10-11H2,1-2H3,(H2,21,24)/t22-;20-/m00/s1. The highest BCUT2D eigenvalue weighted by atomic mass is 16.5. The number of pyridine rings is 2. The summed E-state index contributed by atoms with van der Waals surface area (Å²) in [5, 5.41) is 20.8. The van der Waals surface area contributed by atoms with E-state index in [1.807, 2.05) is 36.4 Å².